The van der Waals surface area contributed by atoms with Crippen molar-refractivity contribution in [1.29, 1.82) is 0 Å². The van der Waals surface area contributed by atoms with Gasteiger partial charge in [-0.15, -0.1) is 11.8 Å². The molecule has 2 nitrogen and oxygen atoms in total. The summed E-state index contributed by atoms with van der Waals surface area (Å²) in [5, 5.41) is 0.383. The first-order valence-corrected chi connectivity index (χ1v) is 7.30. The number of thioether (sulfide) groups is 1. The molecule has 0 saturated heterocycles. The van der Waals surface area contributed by atoms with Gasteiger partial charge in [-0.3, -0.25) is 0 Å². The number of benzene rings is 2. The molecule has 2 unspecified atom stereocenters. The molecule has 0 amide bonds. The minimum atomic E-state index is -0.00597. The molecule has 0 radical (unpaired) electrons. The molecule has 98 valence electrons. The molecule has 2 aromatic carbocycles. The summed E-state index contributed by atoms with van der Waals surface area (Å²) in [7, 11) is 1.70. The van der Waals surface area contributed by atoms with Crippen molar-refractivity contribution in [2.45, 2.75) is 22.6 Å². The highest BCUT2D eigenvalue weighted by Crippen LogP contribution is 2.43. The number of rotatable bonds is 3. The number of ether oxygens (including phenoxy) is 1. The van der Waals surface area contributed by atoms with Crippen molar-refractivity contribution in [2.24, 2.45) is 5.73 Å². The third-order valence-electron chi connectivity index (χ3n) is 3.57. The van der Waals surface area contributed by atoms with Crippen molar-refractivity contribution in [1.82, 2.24) is 0 Å². The van der Waals surface area contributed by atoms with Gasteiger partial charge in [0.15, 0.2) is 0 Å². The second-order valence-electron chi connectivity index (χ2n) is 4.74. The smallest absolute Gasteiger partial charge is 0.123 e. The summed E-state index contributed by atoms with van der Waals surface area (Å²) >= 11 is 1.88. The van der Waals surface area contributed by atoms with Crippen LogP contribution in [-0.4, -0.2) is 12.4 Å². The van der Waals surface area contributed by atoms with Gasteiger partial charge in [-0.1, -0.05) is 36.4 Å². The van der Waals surface area contributed by atoms with Crippen LogP contribution >= 0.6 is 11.8 Å². The lowest BCUT2D eigenvalue weighted by atomic mass is 9.99. The SMILES string of the molecule is COc1ccccc1C(N)C1Cc2ccccc2S1. The van der Waals surface area contributed by atoms with Crippen molar-refractivity contribution in [3.63, 3.8) is 0 Å². The molecule has 0 aromatic heterocycles. The van der Waals surface area contributed by atoms with Crippen molar-refractivity contribution in [3.05, 3.63) is 59.7 Å². The molecule has 1 heterocycles. The van der Waals surface area contributed by atoms with E-state index in [1.54, 1.807) is 7.11 Å². The van der Waals surface area contributed by atoms with Crippen LogP contribution in [0.25, 0.3) is 0 Å². The van der Waals surface area contributed by atoms with E-state index >= 15 is 0 Å². The summed E-state index contributed by atoms with van der Waals surface area (Å²) in [5.41, 5.74) is 8.95. The van der Waals surface area contributed by atoms with Crippen LogP contribution in [0.3, 0.4) is 0 Å². The Morgan fingerprint density at radius 1 is 1.16 bits per heavy atom. The Morgan fingerprint density at radius 3 is 2.68 bits per heavy atom. The summed E-state index contributed by atoms with van der Waals surface area (Å²) in [4.78, 5) is 1.36. The maximum absolute atomic E-state index is 6.46. The molecule has 3 rings (SSSR count). The van der Waals surface area contributed by atoms with Crippen molar-refractivity contribution >= 4 is 11.8 Å². The van der Waals surface area contributed by atoms with E-state index in [1.807, 2.05) is 30.0 Å². The largest absolute Gasteiger partial charge is 0.496 e. The van der Waals surface area contributed by atoms with Crippen molar-refractivity contribution < 1.29 is 4.74 Å². The lowest BCUT2D eigenvalue weighted by Crippen LogP contribution is -2.23. The number of hydrogen-bond acceptors (Lipinski definition) is 3. The lowest BCUT2D eigenvalue weighted by Gasteiger charge is -2.20. The normalized spacial score (nSPS) is 18.9. The van der Waals surface area contributed by atoms with Crippen LogP contribution in [0.15, 0.2) is 53.4 Å². The second kappa shape index (κ2) is 5.27. The summed E-state index contributed by atoms with van der Waals surface area (Å²) in [6.07, 6.45) is 1.03. The highest BCUT2D eigenvalue weighted by Gasteiger charge is 2.29. The number of para-hydroxylation sites is 1. The van der Waals surface area contributed by atoms with E-state index < -0.39 is 0 Å². The average molecular weight is 271 g/mol. The molecular formula is C16H17NOS. The average Bonchev–Trinajstić information content (AvgIpc) is 2.90. The number of fused-ring (bicyclic) bond motifs is 1. The predicted octanol–water partition coefficient (Wildman–Crippen LogP) is 3.41. The highest BCUT2D eigenvalue weighted by atomic mass is 32.2. The van der Waals surface area contributed by atoms with Crippen molar-refractivity contribution in [3.8, 4) is 5.75 Å². The predicted molar refractivity (Wildman–Crippen MR) is 79.7 cm³/mol. The van der Waals surface area contributed by atoms with Crippen LogP contribution in [0.1, 0.15) is 17.2 Å². The Kier molecular flexibility index (Phi) is 3.49. The van der Waals surface area contributed by atoms with E-state index in [2.05, 4.69) is 30.3 Å². The van der Waals surface area contributed by atoms with E-state index in [0.717, 1.165) is 17.7 Å². The van der Waals surface area contributed by atoms with Crippen LogP contribution in [0.2, 0.25) is 0 Å². The van der Waals surface area contributed by atoms with Gasteiger partial charge in [0.1, 0.15) is 5.75 Å². The fraction of sp³-hybridized carbons (Fsp3) is 0.250. The minimum Gasteiger partial charge on any atom is -0.496 e. The minimum absolute atomic E-state index is 0.00597. The van der Waals surface area contributed by atoms with Gasteiger partial charge in [0, 0.05) is 21.8 Å². The summed E-state index contributed by atoms with van der Waals surface area (Å²) in [6, 6.07) is 16.6. The first-order valence-electron chi connectivity index (χ1n) is 6.42. The van der Waals surface area contributed by atoms with Gasteiger partial charge in [-0.05, 0) is 24.1 Å². The number of methoxy groups -OCH3 is 1. The summed E-state index contributed by atoms with van der Waals surface area (Å²) in [6.45, 7) is 0. The molecule has 0 fully saturated rings. The van der Waals surface area contributed by atoms with Crippen LogP contribution in [0.4, 0.5) is 0 Å². The maximum atomic E-state index is 6.46. The standard InChI is InChI=1S/C16H17NOS/c1-18-13-8-4-3-7-12(13)16(17)15-10-11-6-2-5-9-14(11)19-15/h2-9,15-16H,10,17H2,1H3. The van der Waals surface area contributed by atoms with E-state index in [4.69, 9.17) is 10.5 Å². The fourth-order valence-electron chi connectivity index (χ4n) is 2.55. The van der Waals surface area contributed by atoms with Crippen LogP contribution in [0.5, 0.6) is 5.75 Å². The lowest BCUT2D eigenvalue weighted by molar-refractivity contribution is 0.405. The third kappa shape index (κ3) is 2.36. The van der Waals surface area contributed by atoms with Gasteiger partial charge >= 0.3 is 0 Å². The van der Waals surface area contributed by atoms with E-state index in [1.165, 1.54) is 10.5 Å². The van der Waals surface area contributed by atoms with Crippen molar-refractivity contribution in [2.75, 3.05) is 7.11 Å². The van der Waals surface area contributed by atoms with Gasteiger partial charge in [0.05, 0.1) is 7.11 Å². The zero-order valence-corrected chi connectivity index (χ0v) is 11.7. The Bertz CT molecular complexity index is 559. The third-order valence-corrected chi connectivity index (χ3v) is 4.99. The monoisotopic (exact) mass is 271 g/mol. The van der Waals surface area contributed by atoms with Crippen LogP contribution in [0, 0.1) is 0 Å². The highest BCUT2D eigenvalue weighted by molar-refractivity contribution is 8.00. The fourth-order valence-corrected chi connectivity index (χ4v) is 3.89. The first kappa shape index (κ1) is 12.6. The topological polar surface area (TPSA) is 35.2 Å². The Labute approximate surface area is 118 Å². The molecule has 0 bridgehead atoms. The van der Waals surface area contributed by atoms with Gasteiger partial charge < -0.3 is 10.5 Å². The zero-order chi connectivity index (χ0) is 13.2. The number of hydrogen-bond donors (Lipinski definition) is 1. The molecule has 1 aliphatic heterocycles. The molecule has 2 N–H and O–H groups in total. The molecule has 19 heavy (non-hydrogen) atoms. The Morgan fingerprint density at radius 2 is 1.89 bits per heavy atom. The van der Waals surface area contributed by atoms with Crippen LogP contribution in [-0.2, 0) is 6.42 Å². The molecule has 1 aliphatic rings. The van der Waals surface area contributed by atoms with E-state index in [-0.39, 0.29) is 6.04 Å². The molecule has 2 aromatic rings. The van der Waals surface area contributed by atoms with Gasteiger partial charge in [0.25, 0.3) is 0 Å². The molecule has 2 atom stereocenters. The Balaban J connectivity index is 1.85. The zero-order valence-electron chi connectivity index (χ0n) is 10.9. The molecule has 0 saturated carbocycles. The molecule has 0 aliphatic carbocycles. The van der Waals surface area contributed by atoms with Gasteiger partial charge in [0.2, 0.25) is 0 Å². The molecule has 3 heteroatoms. The first-order chi connectivity index (χ1) is 9.29. The molecule has 0 spiro atoms. The summed E-state index contributed by atoms with van der Waals surface area (Å²) in [5.74, 6) is 0.881. The second-order valence-corrected chi connectivity index (χ2v) is 6.02. The quantitative estimate of drug-likeness (QED) is 0.929. The maximum Gasteiger partial charge on any atom is 0.123 e. The van der Waals surface area contributed by atoms with Crippen LogP contribution < -0.4 is 10.5 Å². The van der Waals surface area contributed by atoms with E-state index in [0.29, 0.717) is 5.25 Å². The van der Waals surface area contributed by atoms with Gasteiger partial charge in [-0.25, -0.2) is 0 Å². The Hall–Kier alpha value is -1.45. The molecular weight excluding hydrogens is 254 g/mol. The van der Waals surface area contributed by atoms with E-state index in [9.17, 15) is 0 Å². The summed E-state index contributed by atoms with van der Waals surface area (Å²) < 4.78 is 5.41. The number of nitrogens with two attached hydrogens (primary N) is 1. The van der Waals surface area contributed by atoms with Gasteiger partial charge in [-0.2, -0.15) is 0 Å².